The lowest BCUT2D eigenvalue weighted by Gasteiger charge is -2.38. The second-order valence-electron chi connectivity index (χ2n) is 14.7. The Labute approximate surface area is 344 Å². The Kier molecular flexibility index (Phi) is 13.6. The molecule has 4 aromatic heterocycles. The fourth-order valence-electron chi connectivity index (χ4n) is 5.98. The molecule has 0 aliphatic heterocycles. The van der Waals surface area contributed by atoms with Crippen molar-refractivity contribution in [2.24, 2.45) is 0 Å². The smallest absolute Gasteiger partial charge is 0.193 e. The zero-order chi connectivity index (χ0) is 38.5. The molecule has 6 rings (SSSR count). The largest absolute Gasteiger partial charge is 1.00 e. The molecule has 1 N–H and O–H groups in total. The molecule has 0 saturated carbocycles. The third-order valence-corrected chi connectivity index (χ3v) is 15.8. The van der Waals surface area contributed by atoms with Gasteiger partial charge in [-0.15, -0.1) is 0 Å². The Bertz CT molecular complexity index is 2060. The van der Waals surface area contributed by atoms with Gasteiger partial charge in [-0.3, -0.25) is 0 Å². The van der Waals surface area contributed by atoms with E-state index in [1.54, 1.807) is 13.1 Å². The van der Waals surface area contributed by atoms with Gasteiger partial charge in [0.25, 0.3) is 0 Å². The standard InChI is InChI=1S/C23H32IN3O2Si.C17H18IN3O2.H2.H/c1-8-20(19-15-21(28-26-19)17-9-11-18(24)12-10-17)27-14-13-25-22(27)16(2)29-30(6,7)23(3,4)5;1-3-15(21-9-8-19-17(21)11(2)22)14-10-16(23-20-14)12-4-6-13(18)7-5-12;;/h9-16,20H,8H2,1-7H3;4-11,15,22H,3H2,1-2H3;1H;/q;;;-1/t16-,20+;11-,15+;;/m00../s1. The summed E-state index contributed by atoms with van der Waals surface area (Å²) in [5.74, 6) is 3.10. The number of imidazole rings is 2. The molecule has 286 valence electrons. The van der Waals surface area contributed by atoms with Crippen LogP contribution in [0.1, 0.15) is 111 Å². The molecule has 4 atom stereocenters. The van der Waals surface area contributed by atoms with E-state index < -0.39 is 14.4 Å². The maximum Gasteiger partial charge on any atom is 0.193 e. The van der Waals surface area contributed by atoms with Gasteiger partial charge in [-0.05, 0) is 114 Å². The molecule has 0 fully saturated rings. The van der Waals surface area contributed by atoms with Crippen molar-refractivity contribution in [1.82, 2.24) is 29.4 Å². The van der Waals surface area contributed by atoms with Gasteiger partial charge in [0.2, 0.25) is 0 Å². The molecule has 0 spiro atoms. The first kappa shape index (κ1) is 41.0. The Morgan fingerprint density at radius 1 is 0.774 bits per heavy atom. The highest BCUT2D eigenvalue weighted by atomic mass is 127. The first-order valence-electron chi connectivity index (χ1n) is 18.0. The third kappa shape index (κ3) is 9.76. The molecular formula is C40H53I2N6O4Si-. The van der Waals surface area contributed by atoms with Crippen molar-refractivity contribution >= 4 is 53.5 Å². The Hall–Kier alpha value is -3.12. The molecule has 0 unspecified atom stereocenters. The van der Waals surface area contributed by atoms with Crippen LogP contribution < -0.4 is 0 Å². The summed E-state index contributed by atoms with van der Waals surface area (Å²) in [4.78, 5) is 8.89. The van der Waals surface area contributed by atoms with Crippen molar-refractivity contribution in [3.8, 4) is 22.6 Å². The van der Waals surface area contributed by atoms with Gasteiger partial charge in [-0.25, -0.2) is 9.97 Å². The maximum absolute atomic E-state index is 9.87. The number of halogens is 2. The van der Waals surface area contributed by atoms with Crippen LogP contribution in [0.25, 0.3) is 22.6 Å². The van der Waals surface area contributed by atoms with Crippen LogP contribution in [0.2, 0.25) is 18.1 Å². The van der Waals surface area contributed by atoms with E-state index in [9.17, 15) is 5.11 Å². The molecule has 6 aromatic rings. The lowest BCUT2D eigenvalue weighted by Crippen LogP contribution is -2.41. The Morgan fingerprint density at radius 2 is 1.19 bits per heavy atom. The van der Waals surface area contributed by atoms with E-state index in [0.29, 0.717) is 5.82 Å². The van der Waals surface area contributed by atoms with E-state index in [1.165, 1.54) is 7.14 Å². The van der Waals surface area contributed by atoms with E-state index in [0.717, 1.165) is 52.7 Å². The summed E-state index contributed by atoms with van der Waals surface area (Å²) >= 11 is 4.58. The van der Waals surface area contributed by atoms with Crippen molar-refractivity contribution in [3.05, 3.63) is 116 Å². The molecule has 0 radical (unpaired) electrons. The molecule has 2 aromatic carbocycles. The summed E-state index contributed by atoms with van der Waals surface area (Å²) in [5, 5.41) is 18.7. The van der Waals surface area contributed by atoms with E-state index in [-0.39, 0.29) is 26.1 Å². The molecular weight excluding hydrogens is 910 g/mol. The summed E-state index contributed by atoms with van der Waals surface area (Å²) in [6, 6.07) is 20.4. The molecule has 0 aliphatic carbocycles. The van der Waals surface area contributed by atoms with Gasteiger partial charge in [0, 0.05) is 56.6 Å². The first-order chi connectivity index (χ1) is 25.1. The number of hydrogen-bond donors (Lipinski definition) is 1. The number of hydrogen-bond acceptors (Lipinski definition) is 8. The molecule has 13 heteroatoms. The Balaban J connectivity index is 0.000000294. The van der Waals surface area contributed by atoms with Crippen LogP contribution in [-0.2, 0) is 4.43 Å². The molecule has 0 amide bonds. The molecule has 0 aliphatic rings. The second-order valence-corrected chi connectivity index (χ2v) is 21.9. The van der Waals surface area contributed by atoms with E-state index >= 15 is 0 Å². The number of aliphatic hydroxyl groups excluding tert-OH is 1. The molecule has 10 nitrogen and oxygen atoms in total. The molecule has 0 saturated heterocycles. The molecule has 0 bridgehead atoms. The monoisotopic (exact) mass is 963 g/mol. The fourth-order valence-corrected chi connectivity index (χ4v) is 8.04. The topological polar surface area (TPSA) is 117 Å². The lowest BCUT2D eigenvalue weighted by molar-refractivity contribution is 0.181. The van der Waals surface area contributed by atoms with Crippen LogP contribution in [0.15, 0.2) is 94.5 Å². The van der Waals surface area contributed by atoms with Gasteiger partial charge in [-0.1, -0.05) is 69.2 Å². The van der Waals surface area contributed by atoms with Crippen molar-refractivity contribution in [3.63, 3.8) is 0 Å². The average Bonchev–Trinajstić information content (AvgIpc) is 3.94. The van der Waals surface area contributed by atoms with Gasteiger partial charge >= 0.3 is 0 Å². The Morgan fingerprint density at radius 3 is 1.58 bits per heavy atom. The van der Waals surface area contributed by atoms with Crippen LogP contribution in [0.3, 0.4) is 0 Å². The van der Waals surface area contributed by atoms with Crippen molar-refractivity contribution in [2.45, 2.75) is 104 Å². The second kappa shape index (κ2) is 17.6. The number of nitrogens with zero attached hydrogens (tertiary/aromatic N) is 6. The molecule has 4 heterocycles. The van der Waals surface area contributed by atoms with Crippen molar-refractivity contribution in [1.29, 1.82) is 0 Å². The third-order valence-electron chi connectivity index (χ3n) is 9.85. The number of benzene rings is 2. The zero-order valence-corrected chi connectivity index (χ0v) is 37.2. The number of aliphatic hydroxyl groups is 1. The summed E-state index contributed by atoms with van der Waals surface area (Å²) in [7, 11) is -1.90. The highest BCUT2D eigenvalue weighted by molar-refractivity contribution is 14.1. The van der Waals surface area contributed by atoms with Crippen molar-refractivity contribution < 1.29 is 21.4 Å². The minimum atomic E-state index is -1.90. The van der Waals surface area contributed by atoms with E-state index in [2.05, 4.69) is 149 Å². The van der Waals surface area contributed by atoms with Gasteiger partial charge in [-0.2, -0.15) is 0 Å². The normalized spacial score (nSPS) is 14.3. The summed E-state index contributed by atoms with van der Waals surface area (Å²) in [6.45, 7) is 19.4. The lowest BCUT2D eigenvalue weighted by atomic mass is 10.1. The van der Waals surface area contributed by atoms with Crippen LogP contribution in [0.4, 0.5) is 0 Å². The van der Waals surface area contributed by atoms with Crippen LogP contribution in [0, 0.1) is 7.14 Å². The number of aromatic nitrogens is 6. The summed E-state index contributed by atoms with van der Waals surface area (Å²) in [5.41, 5.74) is 3.77. The molecule has 53 heavy (non-hydrogen) atoms. The van der Waals surface area contributed by atoms with Gasteiger partial charge in [0.1, 0.15) is 35.2 Å². The van der Waals surface area contributed by atoms with Crippen LogP contribution >= 0.6 is 45.2 Å². The van der Waals surface area contributed by atoms with Gasteiger partial charge in [0.05, 0.1) is 12.1 Å². The van der Waals surface area contributed by atoms with E-state index in [4.69, 9.17) is 13.5 Å². The first-order valence-corrected chi connectivity index (χ1v) is 23.1. The van der Waals surface area contributed by atoms with Gasteiger partial charge in [0.15, 0.2) is 19.8 Å². The SMILES string of the molecule is CC[C@H](c1cc(-c2ccc(I)cc2)on1)n1ccnc1[C@H](C)O.CC[C@H](c1cc(-c2ccc(I)cc2)on1)n1ccnc1[C@H](C)O[Si](C)(C)C(C)(C)C.[H-].[HH]. The minimum absolute atomic E-state index is 0. The highest BCUT2D eigenvalue weighted by Crippen LogP contribution is 2.40. The fraction of sp³-hybridized carbons (Fsp3) is 0.400. The number of rotatable bonds is 12. The van der Waals surface area contributed by atoms with E-state index in [1.807, 2.05) is 59.6 Å². The predicted molar refractivity (Wildman–Crippen MR) is 231 cm³/mol. The average molecular weight is 964 g/mol. The van der Waals surface area contributed by atoms with Crippen molar-refractivity contribution in [2.75, 3.05) is 0 Å². The van der Waals surface area contributed by atoms with Crippen LogP contribution in [0.5, 0.6) is 0 Å². The zero-order valence-electron chi connectivity index (χ0n) is 32.9. The summed E-state index contributed by atoms with van der Waals surface area (Å²) < 4.78 is 24.3. The quantitative estimate of drug-likeness (QED) is 0.0952. The van der Waals surface area contributed by atoms with Gasteiger partial charge < -0.3 is 29.1 Å². The highest BCUT2D eigenvalue weighted by Gasteiger charge is 2.39. The maximum atomic E-state index is 9.87. The summed E-state index contributed by atoms with van der Waals surface area (Å²) in [6.07, 6.45) is 8.45. The van der Waals surface area contributed by atoms with Crippen LogP contribution in [-0.4, -0.2) is 42.8 Å². The minimum Gasteiger partial charge on any atom is -1.00 e. The predicted octanol–water partition coefficient (Wildman–Crippen LogP) is 11.8.